The van der Waals surface area contributed by atoms with Gasteiger partial charge in [-0.25, -0.2) is 4.79 Å². The molecule has 1 aromatic carbocycles. The summed E-state index contributed by atoms with van der Waals surface area (Å²) in [5.74, 6) is 0.00374. The summed E-state index contributed by atoms with van der Waals surface area (Å²) >= 11 is 0. The number of ketones is 1. The third kappa shape index (κ3) is 2.54. The van der Waals surface area contributed by atoms with Crippen molar-refractivity contribution in [1.82, 2.24) is 0 Å². The Kier molecular flexibility index (Phi) is 3.57. The molecule has 3 heteroatoms. The van der Waals surface area contributed by atoms with Crippen LogP contribution in [0.1, 0.15) is 47.5 Å². The van der Waals surface area contributed by atoms with E-state index in [9.17, 15) is 9.59 Å². The SMILES string of the molecule is COC(=O)c1ccc(C2CCCCC2=O)cc1. The lowest BCUT2D eigenvalue weighted by Gasteiger charge is -2.20. The molecule has 1 aliphatic rings. The number of hydrogen-bond donors (Lipinski definition) is 0. The summed E-state index contributed by atoms with van der Waals surface area (Å²) in [7, 11) is 1.36. The van der Waals surface area contributed by atoms with Crippen molar-refractivity contribution >= 4 is 11.8 Å². The Labute approximate surface area is 101 Å². The summed E-state index contributed by atoms with van der Waals surface area (Å²) < 4.78 is 4.64. The molecule has 2 rings (SSSR count). The average Bonchev–Trinajstić information content (AvgIpc) is 2.39. The molecule has 0 amide bonds. The summed E-state index contributed by atoms with van der Waals surface area (Å²) in [6, 6.07) is 7.17. The number of methoxy groups -OCH3 is 1. The fourth-order valence-corrected chi connectivity index (χ4v) is 2.30. The van der Waals surface area contributed by atoms with Crippen molar-refractivity contribution in [1.29, 1.82) is 0 Å². The number of carbonyl (C=O) groups is 2. The second-order valence-corrected chi connectivity index (χ2v) is 4.38. The number of Topliss-reactive ketones (excluding diaryl/α,β-unsaturated/α-hetero) is 1. The molecule has 1 aliphatic carbocycles. The van der Waals surface area contributed by atoms with Gasteiger partial charge in [-0.1, -0.05) is 18.6 Å². The molecular weight excluding hydrogens is 216 g/mol. The molecule has 1 fully saturated rings. The van der Waals surface area contributed by atoms with Crippen molar-refractivity contribution in [2.75, 3.05) is 7.11 Å². The van der Waals surface area contributed by atoms with E-state index < -0.39 is 0 Å². The number of carbonyl (C=O) groups excluding carboxylic acids is 2. The molecule has 0 N–H and O–H groups in total. The smallest absolute Gasteiger partial charge is 0.337 e. The highest BCUT2D eigenvalue weighted by molar-refractivity contribution is 5.90. The number of hydrogen-bond acceptors (Lipinski definition) is 3. The molecule has 1 unspecified atom stereocenters. The van der Waals surface area contributed by atoms with Gasteiger partial charge < -0.3 is 4.74 Å². The highest BCUT2D eigenvalue weighted by Crippen LogP contribution is 2.29. The summed E-state index contributed by atoms with van der Waals surface area (Å²) in [5.41, 5.74) is 1.54. The van der Waals surface area contributed by atoms with Gasteiger partial charge in [-0.05, 0) is 30.5 Å². The summed E-state index contributed by atoms with van der Waals surface area (Å²) in [4.78, 5) is 23.1. The minimum absolute atomic E-state index is 0.0236. The van der Waals surface area contributed by atoms with Gasteiger partial charge in [0.15, 0.2) is 0 Å². The third-order valence-corrected chi connectivity index (χ3v) is 3.29. The second-order valence-electron chi connectivity index (χ2n) is 4.38. The zero-order chi connectivity index (χ0) is 12.3. The van der Waals surface area contributed by atoms with Crippen molar-refractivity contribution < 1.29 is 14.3 Å². The fraction of sp³-hybridized carbons (Fsp3) is 0.429. The number of esters is 1. The number of rotatable bonds is 2. The van der Waals surface area contributed by atoms with E-state index in [4.69, 9.17) is 0 Å². The molecule has 90 valence electrons. The lowest BCUT2D eigenvalue weighted by molar-refractivity contribution is -0.121. The summed E-state index contributed by atoms with van der Waals surface area (Å²) in [6.45, 7) is 0. The first-order valence-electron chi connectivity index (χ1n) is 5.93. The van der Waals surface area contributed by atoms with Gasteiger partial charge >= 0.3 is 5.97 Å². The van der Waals surface area contributed by atoms with Gasteiger partial charge in [-0.3, -0.25) is 4.79 Å². The number of ether oxygens (including phenoxy) is 1. The fourth-order valence-electron chi connectivity index (χ4n) is 2.30. The maximum Gasteiger partial charge on any atom is 0.337 e. The zero-order valence-corrected chi connectivity index (χ0v) is 9.94. The molecule has 0 aliphatic heterocycles. The molecule has 1 atom stereocenters. The Bertz CT molecular complexity index is 420. The topological polar surface area (TPSA) is 43.4 Å². The Morgan fingerprint density at radius 2 is 1.94 bits per heavy atom. The van der Waals surface area contributed by atoms with E-state index in [1.54, 1.807) is 12.1 Å². The lowest BCUT2D eigenvalue weighted by atomic mass is 9.83. The van der Waals surface area contributed by atoms with Gasteiger partial charge in [0.05, 0.1) is 12.7 Å². The first kappa shape index (κ1) is 11.8. The van der Waals surface area contributed by atoms with Crippen LogP contribution in [0.4, 0.5) is 0 Å². The van der Waals surface area contributed by atoms with Crippen LogP contribution in [0.3, 0.4) is 0 Å². The third-order valence-electron chi connectivity index (χ3n) is 3.29. The minimum Gasteiger partial charge on any atom is -0.465 e. The molecular formula is C14H16O3. The normalized spacial score (nSPS) is 20.1. The maximum atomic E-state index is 11.8. The standard InChI is InChI=1S/C14H16O3/c1-17-14(16)11-8-6-10(7-9-11)12-4-2-3-5-13(12)15/h6-9,12H,2-5H2,1H3. The summed E-state index contributed by atoms with van der Waals surface area (Å²) in [5, 5.41) is 0. The molecule has 17 heavy (non-hydrogen) atoms. The molecule has 0 aromatic heterocycles. The highest BCUT2D eigenvalue weighted by atomic mass is 16.5. The van der Waals surface area contributed by atoms with E-state index >= 15 is 0 Å². The van der Waals surface area contributed by atoms with Gasteiger partial charge in [-0.15, -0.1) is 0 Å². The maximum absolute atomic E-state index is 11.8. The van der Waals surface area contributed by atoms with Gasteiger partial charge in [-0.2, -0.15) is 0 Å². The van der Waals surface area contributed by atoms with E-state index in [2.05, 4.69) is 4.74 Å². The second kappa shape index (κ2) is 5.13. The van der Waals surface area contributed by atoms with Gasteiger partial charge in [0.1, 0.15) is 5.78 Å². The Hall–Kier alpha value is -1.64. The van der Waals surface area contributed by atoms with Crippen LogP contribution in [-0.2, 0) is 9.53 Å². The van der Waals surface area contributed by atoms with Crippen LogP contribution >= 0.6 is 0 Å². The monoisotopic (exact) mass is 232 g/mol. The van der Waals surface area contributed by atoms with Crippen molar-refractivity contribution in [2.24, 2.45) is 0 Å². The molecule has 0 radical (unpaired) electrons. The minimum atomic E-state index is -0.341. The predicted molar refractivity (Wildman–Crippen MR) is 64.0 cm³/mol. The van der Waals surface area contributed by atoms with Crippen LogP contribution < -0.4 is 0 Å². The van der Waals surface area contributed by atoms with Crippen LogP contribution in [0.5, 0.6) is 0 Å². The van der Waals surface area contributed by atoms with Crippen molar-refractivity contribution in [2.45, 2.75) is 31.6 Å². The highest BCUT2D eigenvalue weighted by Gasteiger charge is 2.23. The van der Waals surface area contributed by atoms with Crippen molar-refractivity contribution in [3.05, 3.63) is 35.4 Å². The van der Waals surface area contributed by atoms with E-state index in [-0.39, 0.29) is 11.9 Å². The van der Waals surface area contributed by atoms with E-state index in [0.29, 0.717) is 17.8 Å². The molecule has 0 saturated heterocycles. The lowest BCUT2D eigenvalue weighted by Crippen LogP contribution is -2.17. The quantitative estimate of drug-likeness (QED) is 0.736. The van der Waals surface area contributed by atoms with E-state index in [1.807, 2.05) is 12.1 Å². The van der Waals surface area contributed by atoms with Crippen molar-refractivity contribution in [3.8, 4) is 0 Å². The molecule has 0 heterocycles. The van der Waals surface area contributed by atoms with E-state index in [0.717, 1.165) is 24.8 Å². The largest absolute Gasteiger partial charge is 0.465 e. The average molecular weight is 232 g/mol. The first-order valence-corrected chi connectivity index (χ1v) is 5.93. The summed E-state index contributed by atoms with van der Waals surface area (Å²) in [6.07, 6.45) is 3.73. The van der Waals surface area contributed by atoms with Gasteiger partial charge in [0.25, 0.3) is 0 Å². The Morgan fingerprint density at radius 3 is 2.53 bits per heavy atom. The molecule has 0 spiro atoms. The van der Waals surface area contributed by atoms with E-state index in [1.165, 1.54) is 7.11 Å². The molecule has 1 saturated carbocycles. The van der Waals surface area contributed by atoms with Crippen LogP contribution in [0.25, 0.3) is 0 Å². The molecule has 1 aromatic rings. The van der Waals surface area contributed by atoms with Crippen LogP contribution in [0.2, 0.25) is 0 Å². The predicted octanol–water partition coefficient (Wildman–Crippen LogP) is 2.70. The number of benzene rings is 1. The van der Waals surface area contributed by atoms with Crippen LogP contribution in [-0.4, -0.2) is 18.9 Å². The van der Waals surface area contributed by atoms with Crippen LogP contribution in [0, 0.1) is 0 Å². The van der Waals surface area contributed by atoms with Gasteiger partial charge in [0.2, 0.25) is 0 Å². The molecule has 3 nitrogen and oxygen atoms in total. The Balaban J connectivity index is 2.17. The molecule has 0 bridgehead atoms. The van der Waals surface area contributed by atoms with Crippen LogP contribution in [0.15, 0.2) is 24.3 Å². The zero-order valence-electron chi connectivity index (χ0n) is 9.94. The first-order chi connectivity index (χ1) is 8.22. The van der Waals surface area contributed by atoms with Crippen molar-refractivity contribution in [3.63, 3.8) is 0 Å². The van der Waals surface area contributed by atoms with Gasteiger partial charge in [0, 0.05) is 12.3 Å². The Morgan fingerprint density at radius 1 is 1.24 bits per heavy atom.